The molecule has 1 aliphatic heterocycles. The quantitative estimate of drug-likeness (QED) is 0.0407. The Kier molecular flexibility index (Phi) is 20.7. The number of rotatable bonds is 26. The summed E-state index contributed by atoms with van der Waals surface area (Å²) in [5.41, 5.74) is -5.09. The first-order valence-corrected chi connectivity index (χ1v) is 23.3. The normalized spacial score (nSPS) is 14.9. The lowest BCUT2D eigenvalue weighted by molar-refractivity contribution is -0.136. The van der Waals surface area contributed by atoms with Crippen molar-refractivity contribution in [3.63, 3.8) is 0 Å². The molecule has 8 amide bonds. The van der Waals surface area contributed by atoms with E-state index in [0.717, 1.165) is 32.1 Å². The number of hydrogen-bond acceptors (Lipinski definition) is 12. The molecule has 0 bridgehead atoms. The minimum absolute atomic E-state index is 0.0595. The van der Waals surface area contributed by atoms with Crippen molar-refractivity contribution in [2.24, 2.45) is 5.92 Å². The number of fused-ring (bicyclic) bond motifs is 1. The van der Waals surface area contributed by atoms with Crippen LogP contribution in [0.25, 0.3) is 11.0 Å². The minimum Gasteiger partial charge on any atom is -0.497 e. The zero-order chi connectivity index (χ0) is 51.0. The van der Waals surface area contributed by atoms with E-state index in [1.54, 1.807) is 12.1 Å². The van der Waals surface area contributed by atoms with Gasteiger partial charge >= 0.3 is 5.63 Å². The molecule has 20 nitrogen and oxygen atoms in total. The SMILES string of the molecule is CCCCCCCCC(NC(=O)C1CCCN1C(=O)c1cc2ccc(OC)cc2oc1=O)C(=O)NCC(=O)NC(C)(C)C(=O)NCC(=O)NC(CC(C)C)C(=O)NC(C)(C)C(=O)NC(C)(C)C=O. The number of unbranched alkanes of at least 4 members (excludes halogenated alkanes) is 5. The number of methoxy groups -OCH3 is 1. The molecule has 3 atom stereocenters. The highest BCUT2D eigenvalue weighted by atomic mass is 16.5. The number of carbonyl (C=O) groups excluding carboxylic acids is 9. The van der Waals surface area contributed by atoms with Crippen molar-refractivity contribution in [2.45, 2.75) is 161 Å². The van der Waals surface area contributed by atoms with Gasteiger partial charge in [-0.2, -0.15) is 0 Å². The van der Waals surface area contributed by atoms with Gasteiger partial charge in [0.15, 0.2) is 0 Å². The smallest absolute Gasteiger partial charge is 0.349 e. The molecule has 1 aliphatic rings. The van der Waals surface area contributed by atoms with Crippen molar-refractivity contribution in [2.75, 3.05) is 26.7 Å². The van der Waals surface area contributed by atoms with Crippen LogP contribution >= 0.6 is 0 Å². The summed E-state index contributed by atoms with van der Waals surface area (Å²) < 4.78 is 10.6. The Morgan fingerprint density at radius 1 is 0.794 bits per heavy atom. The van der Waals surface area contributed by atoms with E-state index in [-0.39, 0.29) is 42.9 Å². The van der Waals surface area contributed by atoms with Crippen molar-refractivity contribution >= 4 is 64.5 Å². The van der Waals surface area contributed by atoms with Gasteiger partial charge in [-0.25, -0.2) is 4.79 Å². The van der Waals surface area contributed by atoms with Crippen molar-refractivity contribution in [1.82, 2.24) is 42.1 Å². The van der Waals surface area contributed by atoms with Crippen LogP contribution in [0.2, 0.25) is 0 Å². The number of ether oxygens (including phenoxy) is 1. The van der Waals surface area contributed by atoms with Crippen LogP contribution in [-0.4, -0.2) is 120 Å². The summed E-state index contributed by atoms with van der Waals surface area (Å²) in [5, 5.41) is 18.6. The maximum Gasteiger partial charge on any atom is 0.349 e. The minimum atomic E-state index is -1.58. The van der Waals surface area contributed by atoms with Crippen molar-refractivity contribution in [1.29, 1.82) is 0 Å². The van der Waals surface area contributed by atoms with E-state index < -0.39 is 101 Å². The first kappa shape index (κ1) is 56.0. The molecule has 0 spiro atoms. The van der Waals surface area contributed by atoms with Crippen LogP contribution in [-0.2, 0) is 38.4 Å². The number of likely N-dealkylation sites (tertiary alicyclic amines) is 1. The molecule has 0 radical (unpaired) electrons. The molecular formula is C48H72N8O12. The summed E-state index contributed by atoms with van der Waals surface area (Å²) in [7, 11) is 1.47. The second-order valence-electron chi connectivity index (χ2n) is 19.4. The van der Waals surface area contributed by atoms with Gasteiger partial charge in [0.2, 0.25) is 41.4 Å². The number of nitrogens with one attached hydrogen (secondary N) is 7. The molecule has 68 heavy (non-hydrogen) atoms. The number of carbonyl (C=O) groups is 9. The Balaban J connectivity index is 1.62. The van der Waals surface area contributed by atoms with Crippen molar-refractivity contribution in [3.05, 3.63) is 40.2 Å². The van der Waals surface area contributed by atoms with Gasteiger partial charge in [-0.1, -0.05) is 59.3 Å². The molecule has 7 N–H and O–H groups in total. The van der Waals surface area contributed by atoms with Gasteiger partial charge in [0.05, 0.1) is 25.7 Å². The van der Waals surface area contributed by atoms with E-state index in [1.807, 2.05) is 13.8 Å². The molecule has 20 heteroatoms. The third kappa shape index (κ3) is 16.8. The Labute approximate surface area is 397 Å². The van der Waals surface area contributed by atoms with Gasteiger partial charge in [0, 0.05) is 18.0 Å². The Morgan fingerprint density at radius 3 is 2.09 bits per heavy atom. The van der Waals surface area contributed by atoms with Gasteiger partial charge in [0.1, 0.15) is 52.4 Å². The van der Waals surface area contributed by atoms with Crippen molar-refractivity contribution < 1.29 is 52.3 Å². The highest BCUT2D eigenvalue weighted by molar-refractivity contribution is 6.01. The summed E-state index contributed by atoms with van der Waals surface area (Å²) in [5.74, 6) is -5.02. The highest BCUT2D eigenvalue weighted by Gasteiger charge is 2.39. The molecule has 2 heterocycles. The molecule has 376 valence electrons. The molecule has 1 aromatic heterocycles. The van der Waals surface area contributed by atoms with E-state index in [2.05, 4.69) is 44.1 Å². The first-order chi connectivity index (χ1) is 31.8. The highest BCUT2D eigenvalue weighted by Crippen LogP contribution is 2.24. The van der Waals surface area contributed by atoms with E-state index in [1.165, 1.54) is 65.7 Å². The summed E-state index contributed by atoms with van der Waals surface area (Å²) in [6.07, 6.45) is 7.21. The topological polar surface area (TPSA) is 281 Å². The lowest BCUT2D eigenvalue weighted by Crippen LogP contribution is -2.62. The Bertz CT molecular complexity index is 2220. The van der Waals surface area contributed by atoms with E-state index in [0.29, 0.717) is 30.3 Å². The maximum absolute atomic E-state index is 13.8. The number of hydrogen-bond donors (Lipinski definition) is 7. The second-order valence-corrected chi connectivity index (χ2v) is 19.4. The van der Waals surface area contributed by atoms with Crippen LogP contribution in [0.1, 0.15) is 137 Å². The van der Waals surface area contributed by atoms with Gasteiger partial charge in [-0.15, -0.1) is 0 Å². The number of benzene rings is 1. The maximum atomic E-state index is 13.8. The fourth-order valence-electron chi connectivity index (χ4n) is 7.47. The van der Waals surface area contributed by atoms with Crippen LogP contribution in [0, 0.1) is 5.92 Å². The van der Waals surface area contributed by atoms with Crippen LogP contribution in [0.15, 0.2) is 33.5 Å². The monoisotopic (exact) mass is 953 g/mol. The third-order valence-corrected chi connectivity index (χ3v) is 11.4. The zero-order valence-corrected chi connectivity index (χ0v) is 41.2. The molecule has 1 aromatic carbocycles. The zero-order valence-electron chi connectivity index (χ0n) is 41.2. The summed E-state index contributed by atoms with van der Waals surface area (Å²) in [6.45, 7) is 13.5. The van der Waals surface area contributed by atoms with E-state index >= 15 is 0 Å². The fourth-order valence-corrected chi connectivity index (χ4v) is 7.47. The molecule has 3 rings (SSSR count). The molecule has 0 saturated carbocycles. The lowest BCUT2D eigenvalue weighted by Gasteiger charge is -2.31. The van der Waals surface area contributed by atoms with E-state index in [4.69, 9.17) is 9.15 Å². The van der Waals surface area contributed by atoms with Gasteiger partial charge in [-0.05, 0) is 91.3 Å². The Hall–Kier alpha value is -6.34. The van der Waals surface area contributed by atoms with Crippen LogP contribution < -0.4 is 47.6 Å². The summed E-state index contributed by atoms with van der Waals surface area (Å²) >= 11 is 0. The molecule has 3 unspecified atom stereocenters. The summed E-state index contributed by atoms with van der Waals surface area (Å²) in [4.78, 5) is 132. The van der Waals surface area contributed by atoms with Gasteiger partial charge < -0.3 is 56.1 Å². The average Bonchev–Trinajstić information content (AvgIpc) is 3.77. The molecule has 2 aromatic rings. The van der Waals surface area contributed by atoms with Gasteiger partial charge in [0.25, 0.3) is 5.91 Å². The van der Waals surface area contributed by atoms with Crippen molar-refractivity contribution in [3.8, 4) is 5.75 Å². The van der Waals surface area contributed by atoms with Gasteiger partial charge in [-0.3, -0.25) is 38.4 Å². The lowest BCUT2D eigenvalue weighted by atomic mass is 9.98. The largest absolute Gasteiger partial charge is 0.497 e. The van der Waals surface area contributed by atoms with Crippen LogP contribution in [0.4, 0.5) is 0 Å². The van der Waals surface area contributed by atoms with Crippen LogP contribution in [0.3, 0.4) is 0 Å². The van der Waals surface area contributed by atoms with E-state index in [9.17, 15) is 47.9 Å². The molecule has 1 saturated heterocycles. The van der Waals surface area contributed by atoms with Crippen LogP contribution in [0.5, 0.6) is 5.75 Å². The Morgan fingerprint density at radius 2 is 1.44 bits per heavy atom. The predicted octanol–water partition coefficient (Wildman–Crippen LogP) is 2.29. The number of aldehydes is 1. The fraction of sp³-hybridized carbons (Fsp3) is 0.625. The number of nitrogens with zero attached hydrogens (tertiary/aromatic N) is 1. The third-order valence-electron chi connectivity index (χ3n) is 11.4. The molecule has 0 aliphatic carbocycles. The summed E-state index contributed by atoms with van der Waals surface area (Å²) in [6, 6.07) is 3.11. The predicted molar refractivity (Wildman–Crippen MR) is 253 cm³/mol. The second kappa shape index (κ2) is 25.1. The first-order valence-electron chi connectivity index (χ1n) is 23.3. The number of amides is 8. The standard InChI is InChI=1S/C48H72N8O12/c1-11-12-13-14-15-16-18-33(52-41(62)35-19-17-22-56(35)42(63)32-24-30-20-21-31(67-10)25-36(30)68-43(32)64)39(60)49-27-38(59)53-47(6,7)44(65)50-26-37(58)51-34(23-29(2)3)40(61)54-48(8,9)45(66)55-46(4,5)28-57/h20-21,24-25,28-29,33-35H,11-19,22-23,26-27H2,1-10H3,(H,49,60)(H,50,65)(H,51,58)(H,52,62)(H,53,59)(H,54,61)(H,55,66). The molecular weight excluding hydrogens is 881 g/mol. The average molecular weight is 953 g/mol. The molecule has 1 fully saturated rings.